The second-order valence-corrected chi connectivity index (χ2v) is 3.93. The normalized spacial score (nSPS) is 12.4. The molecule has 7 heteroatoms. The van der Waals surface area contributed by atoms with Crippen LogP contribution in [0.5, 0.6) is 0 Å². The number of benzene rings is 1. The molecule has 6 nitrogen and oxygen atoms in total. The van der Waals surface area contributed by atoms with Crippen LogP contribution in [0.2, 0.25) is 5.02 Å². The van der Waals surface area contributed by atoms with E-state index in [9.17, 15) is 10.1 Å². The number of halogens is 1. The molecular weight excluding hydrogens is 248 g/mol. The van der Waals surface area contributed by atoms with E-state index in [-0.39, 0.29) is 25.4 Å². The summed E-state index contributed by atoms with van der Waals surface area (Å²) in [6.45, 7) is -0.00125. The number of aliphatic hydroxyl groups excluding tert-OH is 2. The third-order valence-corrected chi connectivity index (χ3v) is 2.38. The van der Waals surface area contributed by atoms with E-state index in [1.54, 1.807) is 0 Å². The molecule has 0 radical (unpaired) electrons. The Hall–Kier alpha value is -1.21. The summed E-state index contributed by atoms with van der Waals surface area (Å²) < 4.78 is 0. The summed E-state index contributed by atoms with van der Waals surface area (Å²) in [7, 11) is 0. The van der Waals surface area contributed by atoms with Gasteiger partial charge in [-0.3, -0.25) is 10.1 Å². The molecule has 1 atom stereocenters. The monoisotopic (exact) mass is 260 g/mol. The van der Waals surface area contributed by atoms with Crippen molar-refractivity contribution in [1.82, 2.24) is 5.32 Å². The van der Waals surface area contributed by atoms with Crippen molar-refractivity contribution < 1.29 is 15.1 Å². The SMILES string of the molecule is O=[N+]([O-])c1ccc(Cl)cc1CNCC(O)CO. The van der Waals surface area contributed by atoms with Gasteiger partial charge in [0.2, 0.25) is 0 Å². The Morgan fingerprint density at radius 2 is 2.24 bits per heavy atom. The van der Waals surface area contributed by atoms with Crippen LogP contribution in [0.4, 0.5) is 5.69 Å². The van der Waals surface area contributed by atoms with Crippen LogP contribution in [-0.4, -0.2) is 34.4 Å². The summed E-state index contributed by atoms with van der Waals surface area (Å²) in [5.74, 6) is 0. The molecule has 0 aliphatic rings. The van der Waals surface area contributed by atoms with Gasteiger partial charge in [-0.05, 0) is 12.1 Å². The molecule has 0 bridgehead atoms. The molecule has 0 heterocycles. The summed E-state index contributed by atoms with van der Waals surface area (Å²) in [6, 6.07) is 4.28. The van der Waals surface area contributed by atoms with Gasteiger partial charge in [-0.15, -0.1) is 0 Å². The zero-order valence-corrected chi connectivity index (χ0v) is 9.72. The zero-order valence-electron chi connectivity index (χ0n) is 8.97. The van der Waals surface area contributed by atoms with Crippen LogP contribution in [0.1, 0.15) is 5.56 Å². The smallest absolute Gasteiger partial charge is 0.273 e. The molecule has 17 heavy (non-hydrogen) atoms. The fraction of sp³-hybridized carbons (Fsp3) is 0.400. The average molecular weight is 261 g/mol. The van der Waals surface area contributed by atoms with E-state index in [0.717, 1.165) is 0 Å². The van der Waals surface area contributed by atoms with E-state index < -0.39 is 11.0 Å². The highest BCUT2D eigenvalue weighted by molar-refractivity contribution is 6.30. The number of nitrogens with one attached hydrogen (secondary N) is 1. The highest BCUT2D eigenvalue weighted by Gasteiger charge is 2.13. The van der Waals surface area contributed by atoms with Gasteiger partial charge in [-0.1, -0.05) is 11.6 Å². The molecular formula is C10H13ClN2O4. The maximum absolute atomic E-state index is 10.7. The summed E-state index contributed by atoms with van der Waals surface area (Å²) in [6.07, 6.45) is -0.881. The maximum Gasteiger partial charge on any atom is 0.273 e. The number of aliphatic hydroxyl groups is 2. The number of nitro benzene ring substituents is 1. The highest BCUT2D eigenvalue weighted by atomic mass is 35.5. The van der Waals surface area contributed by atoms with E-state index in [4.69, 9.17) is 21.8 Å². The molecule has 0 aliphatic carbocycles. The summed E-state index contributed by atoms with van der Waals surface area (Å²) in [4.78, 5) is 10.2. The van der Waals surface area contributed by atoms with Crippen molar-refractivity contribution in [1.29, 1.82) is 0 Å². The van der Waals surface area contributed by atoms with Gasteiger partial charge in [0.05, 0.1) is 17.6 Å². The Morgan fingerprint density at radius 3 is 2.82 bits per heavy atom. The van der Waals surface area contributed by atoms with E-state index in [1.807, 2.05) is 0 Å². The van der Waals surface area contributed by atoms with E-state index in [1.165, 1.54) is 18.2 Å². The zero-order chi connectivity index (χ0) is 12.8. The van der Waals surface area contributed by atoms with Crippen LogP contribution in [0.3, 0.4) is 0 Å². The van der Waals surface area contributed by atoms with Crippen molar-refractivity contribution in [3.05, 3.63) is 38.9 Å². The second kappa shape index (κ2) is 6.51. The van der Waals surface area contributed by atoms with Crippen molar-refractivity contribution in [3.63, 3.8) is 0 Å². The van der Waals surface area contributed by atoms with Gasteiger partial charge in [0.1, 0.15) is 0 Å². The van der Waals surface area contributed by atoms with Crippen molar-refractivity contribution >= 4 is 17.3 Å². The molecule has 0 spiro atoms. The number of rotatable bonds is 6. The predicted octanol–water partition coefficient (Wildman–Crippen LogP) is 0.691. The summed E-state index contributed by atoms with van der Waals surface area (Å²) >= 11 is 5.75. The van der Waals surface area contributed by atoms with Crippen LogP contribution >= 0.6 is 11.6 Å². The van der Waals surface area contributed by atoms with Gasteiger partial charge >= 0.3 is 0 Å². The second-order valence-electron chi connectivity index (χ2n) is 3.50. The Labute approximate surface area is 103 Å². The van der Waals surface area contributed by atoms with Gasteiger partial charge in [-0.25, -0.2) is 0 Å². The van der Waals surface area contributed by atoms with Crippen LogP contribution in [0.25, 0.3) is 0 Å². The fourth-order valence-electron chi connectivity index (χ4n) is 1.31. The third kappa shape index (κ3) is 4.27. The number of nitro groups is 1. The first-order chi connectivity index (χ1) is 8.04. The van der Waals surface area contributed by atoms with Gasteiger partial charge < -0.3 is 15.5 Å². The van der Waals surface area contributed by atoms with Crippen LogP contribution in [0, 0.1) is 10.1 Å². The number of nitrogens with zero attached hydrogens (tertiary/aromatic N) is 1. The van der Waals surface area contributed by atoms with E-state index in [2.05, 4.69) is 5.32 Å². The lowest BCUT2D eigenvalue weighted by atomic mass is 10.2. The Bertz CT molecular complexity index is 400. The molecule has 94 valence electrons. The largest absolute Gasteiger partial charge is 0.394 e. The van der Waals surface area contributed by atoms with Gasteiger partial charge in [0, 0.05) is 29.7 Å². The number of hydrogen-bond acceptors (Lipinski definition) is 5. The lowest BCUT2D eigenvalue weighted by molar-refractivity contribution is -0.385. The molecule has 0 saturated carbocycles. The standard InChI is InChI=1S/C10H13ClN2O4/c11-8-1-2-10(13(16)17)7(3-8)4-12-5-9(15)6-14/h1-3,9,12,14-15H,4-6H2. The van der Waals surface area contributed by atoms with Crippen molar-refractivity contribution in [2.45, 2.75) is 12.6 Å². The molecule has 0 aromatic heterocycles. The van der Waals surface area contributed by atoms with Crippen molar-refractivity contribution in [2.75, 3.05) is 13.2 Å². The first kappa shape index (κ1) is 13.9. The molecule has 0 aliphatic heterocycles. The first-order valence-electron chi connectivity index (χ1n) is 4.97. The molecule has 3 N–H and O–H groups in total. The van der Waals surface area contributed by atoms with Crippen LogP contribution in [-0.2, 0) is 6.54 Å². The molecule has 0 fully saturated rings. The Kier molecular flexibility index (Phi) is 5.30. The fourth-order valence-corrected chi connectivity index (χ4v) is 1.51. The first-order valence-corrected chi connectivity index (χ1v) is 5.35. The van der Waals surface area contributed by atoms with Crippen molar-refractivity contribution in [3.8, 4) is 0 Å². The molecule has 1 unspecified atom stereocenters. The van der Waals surface area contributed by atoms with Crippen LogP contribution < -0.4 is 5.32 Å². The Balaban J connectivity index is 2.68. The quantitative estimate of drug-likeness (QED) is 0.517. The molecule has 1 aromatic carbocycles. The van der Waals surface area contributed by atoms with Gasteiger partial charge in [0.15, 0.2) is 0 Å². The van der Waals surface area contributed by atoms with E-state index in [0.29, 0.717) is 10.6 Å². The summed E-state index contributed by atoms with van der Waals surface area (Å²) in [5.41, 5.74) is 0.410. The van der Waals surface area contributed by atoms with E-state index >= 15 is 0 Å². The van der Waals surface area contributed by atoms with Crippen molar-refractivity contribution in [2.24, 2.45) is 0 Å². The maximum atomic E-state index is 10.7. The van der Waals surface area contributed by atoms with Gasteiger partial charge in [0.25, 0.3) is 5.69 Å². The molecule has 0 saturated heterocycles. The minimum atomic E-state index is -0.881. The minimum Gasteiger partial charge on any atom is -0.394 e. The lowest BCUT2D eigenvalue weighted by Gasteiger charge is -2.09. The average Bonchev–Trinajstić information content (AvgIpc) is 2.28. The molecule has 1 rings (SSSR count). The molecule has 1 aromatic rings. The number of hydrogen-bond donors (Lipinski definition) is 3. The topological polar surface area (TPSA) is 95.6 Å². The Morgan fingerprint density at radius 1 is 1.53 bits per heavy atom. The molecule has 0 amide bonds. The third-order valence-electron chi connectivity index (χ3n) is 2.14. The lowest BCUT2D eigenvalue weighted by Crippen LogP contribution is -2.29. The predicted molar refractivity (Wildman–Crippen MR) is 62.9 cm³/mol. The van der Waals surface area contributed by atoms with Gasteiger partial charge in [-0.2, -0.15) is 0 Å². The highest BCUT2D eigenvalue weighted by Crippen LogP contribution is 2.22. The minimum absolute atomic E-state index is 0.0274. The van der Waals surface area contributed by atoms with Crippen LogP contribution in [0.15, 0.2) is 18.2 Å². The summed E-state index contributed by atoms with van der Waals surface area (Å²) in [5, 5.41) is 31.6.